The van der Waals surface area contributed by atoms with Gasteiger partial charge in [0.25, 0.3) is 0 Å². The van der Waals surface area contributed by atoms with E-state index >= 15 is 0 Å². The van der Waals surface area contributed by atoms with Crippen molar-refractivity contribution in [2.75, 3.05) is 5.73 Å². The lowest BCUT2D eigenvalue weighted by Crippen LogP contribution is -2.10. The second kappa shape index (κ2) is 7.72. The highest BCUT2D eigenvalue weighted by Crippen LogP contribution is 2.33. The van der Waals surface area contributed by atoms with Gasteiger partial charge in [-0.3, -0.25) is 4.98 Å². The van der Waals surface area contributed by atoms with Crippen LogP contribution in [0.2, 0.25) is 5.02 Å². The second-order valence-corrected chi connectivity index (χ2v) is 6.80. The quantitative estimate of drug-likeness (QED) is 0.465. The first-order chi connectivity index (χ1) is 14.3. The van der Waals surface area contributed by atoms with Crippen LogP contribution in [0.1, 0.15) is 5.69 Å². The number of nitrogens with zero attached hydrogens (tertiary/aromatic N) is 4. The van der Waals surface area contributed by atoms with Gasteiger partial charge >= 0.3 is 6.18 Å². The second-order valence-electron chi connectivity index (χ2n) is 6.37. The number of aromatic nitrogens is 4. The molecule has 2 N–H and O–H groups in total. The first-order valence-corrected chi connectivity index (χ1v) is 9.08. The number of anilines is 1. The van der Waals surface area contributed by atoms with E-state index in [1.54, 1.807) is 48.5 Å². The van der Waals surface area contributed by atoms with Crippen LogP contribution in [0.25, 0.3) is 33.9 Å². The first-order valence-electron chi connectivity index (χ1n) is 8.70. The van der Waals surface area contributed by atoms with Crippen molar-refractivity contribution in [2.45, 2.75) is 6.18 Å². The average Bonchev–Trinajstić information content (AvgIpc) is 2.74. The summed E-state index contributed by atoms with van der Waals surface area (Å²) in [6.45, 7) is 0. The van der Waals surface area contributed by atoms with Gasteiger partial charge < -0.3 is 5.73 Å². The zero-order valence-electron chi connectivity index (χ0n) is 15.2. The summed E-state index contributed by atoms with van der Waals surface area (Å²) in [5.74, 6) is 0.283. The molecule has 0 radical (unpaired) electrons. The zero-order valence-corrected chi connectivity index (χ0v) is 16.0. The highest BCUT2D eigenvalue weighted by atomic mass is 35.5. The summed E-state index contributed by atoms with van der Waals surface area (Å²) in [5, 5.41) is 0.472. The first kappa shape index (κ1) is 19.8. The fourth-order valence-electron chi connectivity index (χ4n) is 2.77. The van der Waals surface area contributed by atoms with Crippen LogP contribution >= 0.6 is 11.6 Å². The molecular weight excluding hydrogens is 415 g/mol. The third-order valence-corrected chi connectivity index (χ3v) is 4.51. The maximum absolute atomic E-state index is 13.5. The van der Waals surface area contributed by atoms with E-state index in [0.717, 1.165) is 6.07 Å². The predicted octanol–water partition coefficient (Wildman–Crippen LogP) is 5.52. The van der Waals surface area contributed by atoms with Gasteiger partial charge in [-0.25, -0.2) is 15.0 Å². The Balaban J connectivity index is 1.84. The van der Waals surface area contributed by atoms with Crippen molar-refractivity contribution in [3.05, 3.63) is 77.7 Å². The Bertz CT molecular complexity index is 1190. The summed E-state index contributed by atoms with van der Waals surface area (Å²) in [4.78, 5) is 16.4. The lowest BCUT2D eigenvalue weighted by molar-refractivity contribution is -0.141. The van der Waals surface area contributed by atoms with Crippen LogP contribution in [-0.4, -0.2) is 19.9 Å². The summed E-state index contributed by atoms with van der Waals surface area (Å²) >= 11 is 5.88. The summed E-state index contributed by atoms with van der Waals surface area (Å²) < 4.78 is 40.4. The van der Waals surface area contributed by atoms with E-state index in [1.807, 2.05) is 0 Å². The van der Waals surface area contributed by atoms with Gasteiger partial charge in [0.15, 0.2) is 5.82 Å². The Morgan fingerprint density at radius 3 is 2.17 bits per heavy atom. The summed E-state index contributed by atoms with van der Waals surface area (Å²) in [6.07, 6.45) is -1.62. The summed E-state index contributed by atoms with van der Waals surface area (Å²) in [6, 6.07) is 13.8. The van der Waals surface area contributed by atoms with Gasteiger partial charge in [0.05, 0.1) is 11.4 Å². The van der Waals surface area contributed by atoms with Gasteiger partial charge in [-0.15, -0.1) is 0 Å². The number of nitrogen functional groups attached to an aromatic ring is 1. The van der Waals surface area contributed by atoms with E-state index in [-0.39, 0.29) is 11.5 Å². The van der Waals surface area contributed by atoms with Crippen LogP contribution in [0.5, 0.6) is 0 Å². The predicted molar refractivity (Wildman–Crippen MR) is 108 cm³/mol. The van der Waals surface area contributed by atoms with E-state index < -0.39 is 11.9 Å². The molecule has 0 saturated heterocycles. The maximum Gasteiger partial charge on any atom is 0.433 e. The van der Waals surface area contributed by atoms with Crippen LogP contribution in [0, 0.1) is 0 Å². The number of halogens is 4. The minimum absolute atomic E-state index is 0.0678. The minimum Gasteiger partial charge on any atom is -0.384 e. The largest absolute Gasteiger partial charge is 0.433 e. The molecule has 0 atom stereocenters. The van der Waals surface area contributed by atoms with Crippen molar-refractivity contribution in [3.63, 3.8) is 0 Å². The normalized spacial score (nSPS) is 11.5. The lowest BCUT2D eigenvalue weighted by Gasteiger charge is -2.11. The molecule has 0 unspecified atom stereocenters. The standard InChI is InChI=1S/C21H13ClF3N5/c22-15-4-1-12(2-5-15)17-10-18(21(23,24)25)30-20(29-17)13-7-8-27-16(9-13)14-3-6-19(26)28-11-14/h1-11H,(H2,26,28). The molecule has 0 aliphatic carbocycles. The third kappa shape index (κ3) is 4.23. The molecule has 0 saturated carbocycles. The molecule has 0 bridgehead atoms. The zero-order chi connectivity index (χ0) is 21.3. The number of nitrogens with two attached hydrogens (primary N) is 1. The minimum atomic E-state index is -4.63. The molecule has 0 fully saturated rings. The Hall–Kier alpha value is -3.52. The van der Waals surface area contributed by atoms with Gasteiger partial charge in [-0.2, -0.15) is 13.2 Å². The Kier molecular flexibility index (Phi) is 5.09. The molecule has 0 aliphatic heterocycles. The third-order valence-electron chi connectivity index (χ3n) is 4.26. The fraction of sp³-hybridized carbons (Fsp3) is 0.0476. The molecule has 9 heteroatoms. The smallest absolute Gasteiger partial charge is 0.384 e. The van der Waals surface area contributed by atoms with Crippen molar-refractivity contribution in [1.29, 1.82) is 0 Å². The molecule has 0 aliphatic rings. The van der Waals surface area contributed by atoms with E-state index in [2.05, 4.69) is 19.9 Å². The van der Waals surface area contributed by atoms with Gasteiger partial charge in [0.2, 0.25) is 0 Å². The van der Waals surface area contributed by atoms with Crippen LogP contribution in [0.3, 0.4) is 0 Å². The highest BCUT2D eigenvalue weighted by Gasteiger charge is 2.34. The molecule has 4 aromatic rings. The number of pyridine rings is 2. The molecule has 3 heterocycles. The van der Waals surface area contributed by atoms with E-state index in [9.17, 15) is 13.2 Å². The number of benzene rings is 1. The van der Waals surface area contributed by atoms with Crippen molar-refractivity contribution in [3.8, 4) is 33.9 Å². The van der Waals surface area contributed by atoms with Crippen LogP contribution in [-0.2, 0) is 6.18 Å². The summed E-state index contributed by atoms with van der Waals surface area (Å²) in [5.41, 5.74) is 6.75. The van der Waals surface area contributed by atoms with Gasteiger partial charge in [0.1, 0.15) is 11.5 Å². The molecular formula is C21H13ClF3N5. The molecule has 1 aromatic carbocycles. The van der Waals surface area contributed by atoms with Crippen molar-refractivity contribution >= 4 is 17.4 Å². The summed E-state index contributed by atoms with van der Waals surface area (Å²) in [7, 11) is 0. The molecule has 30 heavy (non-hydrogen) atoms. The van der Waals surface area contributed by atoms with Crippen LogP contribution in [0.4, 0.5) is 19.0 Å². The SMILES string of the molecule is Nc1ccc(-c2cc(-c3nc(-c4ccc(Cl)cc4)cc(C(F)(F)F)n3)ccn2)cn1. The van der Waals surface area contributed by atoms with E-state index in [4.69, 9.17) is 17.3 Å². The van der Waals surface area contributed by atoms with Crippen molar-refractivity contribution in [2.24, 2.45) is 0 Å². The topological polar surface area (TPSA) is 77.6 Å². The number of alkyl halides is 3. The van der Waals surface area contributed by atoms with E-state index in [1.165, 1.54) is 12.4 Å². The molecule has 0 spiro atoms. The monoisotopic (exact) mass is 427 g/mol. The average molecular weight is 428 g/mol. The Morgan fingerprint density at radius 2 is 1.50 bits per heavy atom. The Labute approximate surface area is 174 Å². The van der Waals surface area contributed by atoms with Gasteiger partial charge in [0, 0.05) is 34.1 Å². The van der Waals surface area contributed by atoms with Crippen molar-refractivity contribution < 1.29 is 13.2 Å². The number of rotatable bonds is 3. The maximum atomic E-state index is 13.5. The molecule has 0 amide bonds. The number of hydrogen-bond acceptors (Lipinski definition) is 5. The molecule has 150 valence electrons. The van der Waals surface area contributed by atoms with Gasteiger partial charge in [-0.05, 0) is 42.5 Å². The lowest BCUT2D eigenvalue weighted by atomic mass is 10.1. The molecule has 4 rings (SSSR count). The van der Waals surface area contributed by atoms with Crippen LogP contribution in [0.15, 0.2) is 67.0 Å². The highest BCUT2D eigenvalue weighted by molar-refractivity contribution is 6.30. The molecule has 3 aromatic heterocycles. The van der Waals surface area contributed by atoms with E-state index in [0.29, 0.717) is 33.2 Å². The molecule has 5 nitrogen and oxygen atoms in total. The number of hydrogen-bond donors (Lipinski definition) is 1. The Morgan fingerprint density at radius 1 is 0.767 bits per heavy atom. The fourth-order valence-corrected chi connectivity index (χ4v) is 2.90. The van der Waals surface area contributed by atoms with Gasteiger partial charge in [-0.1, -0.05) is 23.7 Å². The van der Waals surface area contributed by atoms with Crippen LogP contribution < -0.4 is 5.73 Å². The van der Waals surface area contributed by atoms with Crippen molar-refractivity contribution in [1.82, 2.24) is 19.9 Å².